The molecule has 4 N–H and O–H groups in total. The van der Waals surface area contributed by atoms with Gasteiger partial charge < -0.3 is 10.6 Å². The van der Waals surface area contributed by atoms with Crippen molar-refractivity contribution in [2.45, 2.75) is 19.1 Å². The molecule has 1 fully saturated rings. The van der Waals surface area contributed by atoms with Crippen LogP contribution in [-0.4, -0.2) is 29.6 Å². The summed E-state index contributed by atoms with van der Waals surface area (Å²) in [4.78, 5) is 4.02. The van der Waals surface area contributed by atoms with Crippen molar-refractivity contribution in [1.29, 1.82) is 0 Å². The van der Waals surface area contributed by atoms with Gasteiger partial charge in [0.05, 0.1) is 11.7 Å². The van der Waals surface area contributed by atoms with Gasteiger partial charge in [-0.2, -0.15) is 0 Å². The van der Waals surface area contributed by atoms with Crippen molar-refractivity contribution in [2.75, 3.05) is 24.5 Å². The summed E-state index contributed by atoms with van der Waals surface area (Å²) in [6.07, 6.45) is 0. The molecule has 1 saturated heterocycles. The summed E-state index contributed by atoms with van der Waals surface area (Å²) in [6.45, 7) is 1.93. The van der Waals surface area contributed by atoms with Crippen molar-refractivity contribution in [3.63, 3.8) is 0 Å². The standard InChI is InChI=1S/C25H26F3N5S/c26-20-9-5-4-8-18(20)15-32-10-11-33(16-24(32)17-6-2-1-3-7-17)23-13-21(27)19(12-22(23)28)14-30-31-25(29)34/h1-9,12-13,24,30H,10-11,14-16H2,(H3,29,31,34)/t24-/m0/s1. The fourth-order valence-corrected chi connectivity index (χ4v) is 4.32. The maximum Gasteiger partial charge on any atom is 0.178 e. The van der Waals surface area contributed by atoms with Crippen molar-refractivity contribution in [3.8, 4) is 0 Å². The molecule has 34 heavy (non-hydrogen) atoms. The molecule has 0 bridgehead atoms. The van der Waals surface area contributed by atoms with E-state index in [4.69, 9.17) is 5.73 Å². The highest BCUT2D eigenvalue weighted by molar-refractivity contribution is 7.80. The second-order valence-corrected chi connectivity index (χ2v) is 8.61. The van der Waals surface area contributed by atoms with Gasteiger partial charge in [0.2, 0.25) is 0 Å². The molecule has 1 heterocycles. The molecule has 4 rings (SSSR count). The predicted molar refractivity (Wildman–Crippen MR) is 131 cm³/mol. The molecular weight excluding hydrogens is 459 g/mol. The number of piperazine rings is 1. The lowest BCUT2D eigenvalue weighted by Crippen LogP contribution is -2.48. The van der Waals surface area contributed by atoms with Gasteiger partial charge in [-0.05, 0) is 29.9 Å². The lowest BCUT2D eigenvalue weighted by molar-refractivity contribution is 0.166. The summed E-state index contributed by atoms with van der Waals surface area (Å²) < 4.78 is 44.1. The van der Waals surface area contributed by atoms with E-state index in [1.54, 1.807) is 12.1 Å². The zero-order valence-corrected chi connectivity index (χ0v) is 19.3. The number of nitrogens with zero attached hydrogens (tertiary/aromatic N) is 2. The Morgan fingerprint density at radius 3 is 2.38 bits per heavy atom. The number of nitrogens with two attached hydrogens (primary N) is 1. The average molecular weight is 486 g/mol. The van der Waals surface area contributed by atoms with Gasteiger partial charge >= 0.3 is 0 Å². The molecule has 178 valence electrons. The maximum atomic E-state index is 15.1. The van der Waals surface area contributed by atoms with E-state index in [1.165, 1.54) is 18.2 Å². The Labute approximate surface area is 202 Å². The van der Waals surface area contributed by atoms with E-state index in [0.717, 1.165) is 5.56 Å². The van der Waals surface area contributed by atoms with Crippen molar-refractivity contribution >= 4 is 23.0 Å². The van der Waals surface area contributed by atoms with E-state index >= 15 is 4.39 Å². The van der Waals surface area contributed by atoms with E-state index in [-0.39, 0.29) is 34.8 Å². The molecule has 1 aliphatic heterocycles. The topological polar surface area (TPSA) is 56.6 Å². The minimum Gasteiger partial charge on any atom is -0.375 e. The van der Waals surface area contributed by atoms with Crippen LogP contribution in [0.15, 0.2) is 66.7 Å². The Bertz CT molecular complexity index is 1140. The fraction of sp³-hybridized carbons (Fsp3) is 0.240. The number of rotatable bonds is 7. The molecule has 0 spiro atoms. The lowest BCUT2D eigenvalue weighted by atomic mass is 10.0. The van der Waals surface area contributed by atoms with Crippen LogP contribution in [0.5, 0.6) is 0 Å². The van der Waals surface area contributed by atoms with E-state index in [9.17, 15) is 8.78 Å². The number of hydrogen-bond donors (Lipinski definition) is 3. The zero-order valence-electron chi connectivity index (χ0n) is 18.5. The van der Waals surface area contributed by atoms with Gasteiger partial charge in [0, 0.05) is 49.9 Å². The summed E-state index contributed by atoms with van der Waals surface area (Å²) in [7, 11) is 0. The van der Waals surface area contributed by atoms with Gasteiger partial charge in [-0.1, -0.05) is 48.5 Å². The monoisotopic (exact) mass is 485 g/mol. The molecule has 5 nitrogen and oxygen atoms in total. The van der Waals surface area contributed by atoms with Crippen LogP contribution in [0, 0.1) is 17.5 Å². The first-order valence-electron chi connectivity index (χ1n) is 11.0. The highest BCUT2D eigenvalue weighted by Gasteiger charge is 2.30. The minimum atomic E-state index is -0.529. The number of hydrazine groups is 1. The minimum absolute atomic E-state index is 0.0118. The van der Waals surface area contributed by atoms with E-state index in [1.807, 2.05) is 41.3 Å². The highest BCUT2D eigenvalue weighted by Crippen LogP contribution is 2.32. The van der Waals surface area contributed by atoms with Crippen LogP contribution in [0.2, 0.25) is 0 Å². The molecule has 0 aromatic heterocycles. The molecule has 3 aromatic rings. The number of benzene rings is 3. The van der Waals surface area contributed by atoms with Crippen LogP contribution in [0.3, 0.4) is 0 Å². The number of hydrogen-bond acceptors (Lipinski definition) is 4. The van der Waals surface area contributed by atoms with Crippen molar-refractivity contribution in [1.82, 2.24) is 15.8 Å². The third-order valence-electron chi connectivity index (χ3n) is 5.95. The van der Waals surface area contributed by atoms with Crippen LogP contribution in [0.25, 0.3) is 0 Å². The van der Waals surface area contributed by atoms with Crippen molar-refractivity contribution in [3.05, 3.63) is 101 Å². The maximum absolute atomic E-state index is 15.1. The number of thiocarbonyl (C=S) groups is 1. The molecule has 0 saturated carbocycles. The summed E-state index contributed by atoms with van der Waals surface area (Å²) in [5.41, 5.74) is 12.5. The second-order valence-electron chi connectivity index (χ2n) is 8.17. The molecule has 0 aliphatic carbocycles. The summed E-state index contributed by atoms with van der Waals surface area (Å²) >= 11 is 4.69. The van der Waals surface area contributed by atoms with Crippen molar-refractivity contribution < 1.29 is 13.2 Å². The Kier molecular flexibility index (Phi) is 7.66. The third kappa shape index (κ3) is 5.67. The number of halogens is 3. The fourth-order valence-electron chi connectivity index (χ4n) is 4.25. The van der Waals surface area contributed by atoms with Gasteiger partial charge in [0.25, 0.3) is 0 Å². The first-order valence-corrected chi connectivity index (χ1v) is 11.4. The molecule has 3 aromatic carbocycles. The van der Waals surface area contributed by atoms with Crippen LogP contribution in [0.1, 0.15) is 22.7 Å². The van der Waals surface area contributed by atoms with E-state index < -0.39 is 11.6 Å². The SMILES string of the molecule is NC(=S)NNCc1cc(F)c(N2CCN(Cc3ccccc3F)[C@H](c3ccccc3)C2)cc1F. The Morgan fingerprint density at radius 1 is 0.912 bits per heavy atom. The van der Waals surface area contributed by atoms with Crippen LogP contribution in [-0.2, 0) is 13.1 Å². The Hall–Kier alpha value is -3.14. The van der Waals surface area contributed by atoms with E-state index in [2.05, 4.69) is 28.0 Å². The van der Waals surface area contributed by atoms with E-state index in [0.29, 0.717) is 31.7 Å². The van der Waals surface area contributed by atoms with Gasteiger partial charge in [0.15, 0.2) is 5.11 Å². The highest BCUT2D eigenvalue weighted by atomic mass is 32.1. The smallest absolute Gasteiger partial charge is 0.178 e. The van der Waals surface area contributed by atoms with Gasteiger partial charge in [0.1, 0.15) is 17.5 Å². The first-order chi connectivity index (χ1) is 16.4. The largest absolute Gasteiger partial charge is 0.375 e. The average Bonchev–Trinajstić information content (AvgIpc) is 2.83. The first kappa shape index (κ1) is 24.0. The lowest BCUT2D eigenvalue weighted by Gasteiger charge is -2.43. The van der Waals surface area contributed by atoms with Gasteiger partial charge in [-0.3, -0.25) is 10.3 Å². The third-order valence-corrected chi connectivity index (χ3v) is 6.06. The quantitative estimate of drug-likeness (QED) is 0.347. The molecule has 0 radical (unpaired) electrons. The molecule has 0 unspecified atom stereocenters. The zero-order chi connectivity index (χ0) is 24.1. The Morgan fingerprint density at radius 2 is 1.65 bits per heavy atom. The Balaban J connectivity index is 1.56. The van der Waals surface area contributed by atoms with Crippen LogP contribution in [0.4, 0.5) is 18.9 Å². The summed E-state index contributed by atoms with van der Waals surface area (Å²) in [6, 6.07) is 18.8. The molecular formula is C25H26F3N5S. The van der Waals surface area contributed by atoms with Crippen LogP contribution < -0.4 is 21.5 Å². The number of nitrogens with one attached hydrogen (secondary N) is 2. The second kappa shape index (κ2) is 10.9. The molecule has 9 heteroatoms. The summed E-state index contributed by atoms with van der Waals surface area (Å²) in [5.74, 6) is -1.29. The molecule has 0 amide bonds. The normalized spacial score (nSPS) is 16.4. The van der Waals surface area contributed by atoms with Gasteiger partial charge in [-0.25, -0.2) is 18.6 Å². The van der Waals surface area contributed by atoms with Crippen molar-refractivity contribution in [2.24, 2.45) is 5.73 Å². The molecule has 1 aliphatic rings. The molecule has 1 atom stereocenters. The number of anilines is 1. The van der Waals surface area contributed by atoms with Crippen LogP contribution >= 0.6 is 12.2 Å². The predicted octanol–water partition coefficient (Wildman–Crippen LogP) is 4.01. The van der Waals surface area contributed by atoms with Gasteiger partial charge in [-0.15, -0.1) is 0 Å². The summed E-state index contributed by atoms with van der Waals surface area (Å²) in [5, 5.41) is 0.0118.